The minimum absolute atomic E-state index is 0.151. The second-order valence-corrected chi connectivity index (χ2v) is 4.48. The topological polar surface area (TPSA) is 47.8 Å². The van der Waals surface area contributed by atoms with Crippen LogP contribution in [0.5, 0.6) is 0 Å². The summed E-state index contributed by atoms with van der Waals surface area (Å²) in [4.78, 5) is 11.2. The van der Waals surface area contributed by atoms with Gasteiger partial charge in [-0.3, -0.25) is 4.79 Å². The van der Waals surface area contributed by atoms with Gasteiger partial charge in [0.25, 0.3) is 0 Å². The van der Waals surface area contributed by atoms with Crippen molar-refractivity contribution >= 4 is 48.8 Å². The number of nitrogens with zero attached hydrogens (tertiary/aromatic N) is 3. The van der Waals surface area contributed by atoms with Gasteiger partial charge in [-0.05, 0) is 44.0 Å². The van der Waals surface area contributed by atoms with E-state index in [0.717, 1.165) is 8.95 Å². The van der Waals surface area contributed by atoms with Crippen LogP contribution in [0.2, 0.25) is 0 Å². The van der Waals surface area contributed by atoms with Crippen LogP contribution in [-0.4, -0.2) is 20.9 Å². The zero-order chi connectivity index (χ0) is 10.3. The molecule has 6 heteroatoms. The van der Waals surface area contributed by atoms with Gasteiger partial charge in [-0.25, -0.2) is 0 Å². The molecule has 0 spiro atoms. The number of hydrogen-bond donors (Lipinski definition) is 0. The molecule has 2 aromatic rings. The van der Waals surface area contributed by atoms with E-state index in [1.54, 1.807) is 6.07 Å². The molecule has 0 aliphatic rings. The fourth-order valence-electron chi connectivity index (χ4n) is 1.15. The number of benzene rings is 1. The molecule has 0 aliphatic heterocycles. The molecule has 0 atom stereocenters. The van der Waals surface area contributed by atoms with Crippen LogP contribution in [0.4, 0.5) is 0 Å². The van der Waals surface area contributed by atoms with Crippen molar-refractivity contribution in [2.45, 2.75) is 6.92 Å². The highest BCUT2D eigenvalue weighted by atomic mass is 79.9. The van der Waals surface area contributed by atoms with Crippen molar-refractivity contribution in [3.8, 4) is 0 Å². The van der Waals surface area contributed by atoms with Gasteiger partial charge >= 0.3 is 0 Å². The molecule has 2 rings (SSSR count). The SMILES string of the molecule is CC(=O)n1nnc2cc(Br)c(Br)cc21. The molecule has 1 heterocycles. The summed E-state index contributed by atoms with van der Waals surface area (Å²) in [6.07, 6.45) is 0. The van der Waals surface area contributed by atoms with Crippen LogP contribution in [0.15, 0.2) is 21.1 Å². The third-order valence-electron chi connectivity index (χ3n) is 1.79. The van der Waals surface area contributed by atoms with Crippen LogP contribution in [0, 0.1) is 0 Å². The molecule has 72 valence electrons. The summed E-state index contributed by atoms with van der Waals surface area (Å²) in [5, 5.41) is 7.64. The molecule has 0 unspecified atom stereocenters. The lowest BCUT2D eigenvalue weighted by atomic mass is 10.3. The van der Waals surface area contributed by atoms with Crippen LogP contribution in [0.1, 0.15) is 11.7 Å². The zero-order valence-corrected chi connectivity index (χ0v) is 10.3. The van der Waals surface area contributed by atoms with E-state index in [1.165, 1.54) is 11.6 Å². The number of hydrogen-bond acceptors (Lipinski definition) is 3. The maximum atomic E-state index is 11.2. The Morgan fingerprint density at radius 3 is 2.64 bits per heavy atom. The van der Waals surface area contributed by atoms with Crippen LogP contribution in [0.3, 0.4) is 0 Å². The van der Waals surface area contributed by atoms with Gasteiger partial charge in [0.1, 0.15) is 5.52 Å². The fourth-order valence-corrected chi connectivity index (χ4v) is 1.81. The van der Waals surface area contributed by atoms with Crippen LogP contribution in [-0.2, 0) is 0 Å². The molecule has 0 saturated carbocycles. The van der Waals surface area contributed by atoms with Gasteiger partial charge in [0, 0.05) is 15.9 Å². The van der Waals surface area contributed by atoms with Crippen molar-refractivity contribution in [1.82, 2.24) is 15.0 Å². The summed E-state index contributed by atoms with van der Waals surface area (Å²) in [6.45, 7) is 1.45. The van der Waals surface area contributed by atoms with Crippen molar-refractivity contribution in [1.29, 1.82) is 0 Å². The smallest absolute Gasteiger partial charge is 0.245 e. The van der Waals surface area contributed by atoms with E-state index in [4.69, 9.17) is 0 Å². The largest absolute Gasteiger partial charge is 0.273 e. The van der Waals surface area contributed by atoms with Gasteiger partial charge in [0.05, 0.1) is 5.52 Å². The Hall–Kier alpha value is -0.750. The molecule has 0 N–H and O–H groups in total. The minimum Gasteiger partial charge on any atom is -0.273 e. The Balaban J connectivity index is 2.80. The summed E-state index contributed by atoms with van der Waals surface area (Å²) in [6, 6.07) is 3.62. The second-order valence-electron chi connectivity index (χ2n) is 2.78. The van der Waals surface area contributed by atoms with Gasteiger partial charge in [-0.15, -0.1) is 5.10 Å². The molecule has 1 aromatic carbocycles. The molecular formula is C8H5Br2N3O. The number of halogens is 2. The molecule has 0 radical (unpaired) electrons. The lowest BCUT2D eigenvalue weighted by Crippen LogP contribution is -2.07. The molecular weight excluding hydrogens is 314 g/mol. The number of carbonyl (C=O) groups is 1. The summed E-state index contributed by atoms with van der Waals surface area (Å²) in [7, 11) is 0. The lowest BCUT2D eigenvalue weighted by Gasteiger charge is -1.97. The lowest BCUT2D eigenvalue weighted by molar-refractivity contribution is 0.0924. The van der Waals surface area contributed by atoms with Crippen LogP contribution < -0.4 is 0 Å². The quantitative estimate of drug-likeness (QED) is 0.750. The summed E-state index contributed by atoms with van der Waals surface area (Å²) in [5.74, 6) is -0.151. The van der Waals surface area contributed by atoms with Crippen LogP contribution in [0.25, 0.3) is 11.0 Å². The van der Waals surface area contributed by atoms with Crippen molar-refractivity contribution in [2.24, 2.45) is 0 Å². The van der Waals surface area contributed by atoms with Crippen molar-refractivity contribution < 1.29 is 4.79 Å². The first-order valence-corrected chi connectivity index (χ1v) is 5.39. The predicted octanol–water partition coefficient (Wildman–Crippen LogP) is 2.62. The predicted molar refractivity (Wildman–Crippen MR) is 59.2 cm³/mol. The maximum Gasteiger partial charge on any atom is 0.245 e. The summed E-state index contributed by atoms with van der Waals surface area (Å²) in [5.41, 5.74) is 1.39. The zero-order valence-electron chi connectivity index (χ0n) is 7.16. The Morgan fingerprint density at radius 2 is 2.00 bits per heavy atom. The summed E-state index contributed by atoms with van der Waals surface area (Å²) >= 11 is 6.71. The van der Waals surface area contributed by atoms with Gasteiger partial charge in [-0.1, -0.05) is 5.21 Å². The van der Waals surface area contributed by atoms with E-state index < -0.39 is 0 Å². The number of fused-ring (bicyclic) bond motifs is 1. The van der Waals surface area contributed by atoms with Gasteiger partial charge in [-0.2, -0.15) is 4.68 Å². The number of aromatic nitrogens is 3. The average Bonchev–Trinajstić information content (AvgIpc) is 2.48. The summed E-state index contributed by atoms with van der Waals surface area (Å²) < 4.78 is 3.03. The minimum atomic E-state index is -0.151. The van der Waals surface area contributed by atoms with Gasteiger partial charge in [0.15, 0.2) is 0 Å². The molecule has 4 nitrogen and oxygen atoms in total. The number of rotatable bonds is 0. The standard InChI is InChI=1S/C8H5Br2N3O/c1-4(14)13-8-3-6(10)5(9)2-7(8)11-12-13/h2-3H,1H3. The van der Waals surface area contributed by atoms with E-state index in [1.807, 2.05) is 6.07 Å². The van der Waals surface area contributed by atoms with Crippen molar-refractivity contribution in [3.63, 3.8) is 0 Å². The Labute approximate surface area is 96.5 Å². The molecule has 0 aliphatic carbocycles. The van der Waals surface area contributed by atoms with E-state index in [0.29, 0.717) is 11.0 Å². The first-order valence-electron chi connectivity index (χ1n) is 3.81. The van der Waals surface area contributed by atoms with Crippen LogP contribution >= 0.6 is 31.9 Å². The normalized spacial score (nSPS) is 10.8. The molecule has 0 fully saturated rings. The highest BCUT2D eigenvalue weighted by Crippen LogP contribution is 2.27. The molecule has 0 bridgehead atoms. The fraction of sp³-hybridized carbons (Fsp3) is 0.125. The van der Waals surface area contributed by atoms with Crippen molar-refractivity contribution in [3.05, 3.63) is 21.1 Å². The monoisotopic (exact) mass is 317 g/mol. The highest BCUT2D eigenvalue weighted by molar-refractivity contribution is 9.13. The molecule has 0 amide bonds. The van der Waals surface area contributed by atoms with E-state index in [9.17, 15) is 4.79 Å². The Kier molecular flexibility index (Phi) is 2.40. The second kappa shape index (κ2) is 3.43. The Bertz CT molecular complexity index is 521. The molecule has 0 saturated heterocycles. The molecule has 14 heavy (non-hydrogen) atoms. The van der Waals surface area contributed by atoms with Gasteiger partial charge < -0.3 is 0 Å². The van der Waals surface area contributed by atoms with E-state index in [2.05, 4.69) is 42.2 Å². The van der Waals surface area contributed by atoms with Gasteiger partial charge in [0.2, 0.25) is 5.91 Å². The first-order chi connectivity index (χ1) is 6.59. The van der Waals surface area contributed by atoms with E-state index >= 15 is 0 Å². The van der Waals surface area contributed by atoms with E-state index in [-0.39, 0.29) is 5.91 Å². The highest BCUT2D eigenvalue weighted by Gasteiger charge is 2.09. The average molecular weight is 319 g/mol. The third-order valence-corrected chi connectivity index (χ3v) is 3.63. The molecule has 1 aromatic heterocycles. The third kappa shape index (κ3) is 1.48. The van der Waals surface area contributed by atoms with Crippen molar-refractivity contribution in [2.75, 3.05) is 0 Å². The Morgan fingerprint density at radius 1 is 1.36 bits per heavy atom. The first kappa shape index (κ1) is 9.79. The maximum absolute atomic E-state index is 11.2. The number of carbonyl (C=O) groups excluding carboxylic acids is 1.